The Kier molecular flexibility index (Phi) is 6.85. The number of rotatable bonds is 7. The Bertz CT molecular complexity index is 707. The molecular formula is C18H18F3NO4. The third-order valence-electron chi connectivity index (χ3n) is 3.42. The van der Waals surface area contributed by atoms with E-state index in [0.29, 0.717) is 5.56 Å². The van der Waals surface area contributed by atoms with Crippen molar-refractivity contribution in [3.05, 3.63) is 65.7 Å². The largest absolute Gasteiger partial charge is 0.573 e. The number of alkyl carbamates (subject to hydrolysis) is 1. The molecule has 2 aromatic carbocycles. The first-order valence-corrected chi connectivity index (χ1v) is 7.81. The molecule has 0 aromatic heterocycles. The zero-order valence-corrected chi connectivity index (χ0v) is 13.7. The molecule has 2 N–H and O–H groups in total. The molecule has 1 amide bonds. The molecule has 140 valence electrons. The molecule has 0 aliphatic heterocycles. The van der Waals surface area contributed by atoms with Gasteiger partial charge in [0.1, 0.15) is 12.4 Å². The van der Waals surface area contributed by atoms with Crippen LogP contribution in [-0.2, 0) is 11.3 Å². The molecule has 2 aromatic rings. The summed E-state index contributed by atoms with van der Waals surface area (Å²) in [6.07, 6.45) is -5.45. The molecule has 0 saturated heterocycles. The number of aliphatic hydroxyl groups excluding tert-OH is 1. The van der Waals surface area contributed by atoms with Crippen molar-refractivity contribution in [2.45, 2.75) is 25.4 Å². The second kappa shape index (κ2) is 9.10. The maximum atomic E-state index is 12.3. The van der Waals surface area contributed by atoms with E-state index < -0.39 is 24.2 Å². The van der Waals surface area contributed by atoms with Crippen LogP contribution in [0.2, 0.25) is 0 Å². The molecule has 0 heterocycles. The van der Waals surface area contributed by atoms with E-state index in [4.69, 9.17) is 4.74 Å². The van der Waals surface area contributed by atoms with E-state index in [1.165, 1.54) is 12.1 Å². The van der Waals surface area contributed by atoms with Gasteiger partial charge < -0.3 is 19.9 Å². The van der Waals surface area contributed by atoms with Gasteiger partial charge in [-0.1, -0.05) is 42.5 Å². The van der Waals surface area contributed by atoms with Crippen LogP contribution in [0.5, 0.6) is 5.75 Å². The summed E-state index contributed by atoms with van der Waals surface area (Å²) in [6.45, 7) is -0.219. The third-order valence-corrected chi connectivity index (χ3v) is 3.42. The number of amides is 1. The van der Waals surface area contributed by atoms with Crippen molar-refractivity contribution in [1.82, 2.24) is 5.32 Å². The number of alkyl halides is 3. The molecule has 0 aliphatic carbocycles. The van der Waals surface area contributed by atoms with E-state index in [0.717, 1.165) is 17.7 Å². The Labute approximate surface area is 148 Å². The van der Waals surface area contributed by atoms with Crippen LogP contribution in [0.15, 0.2) is 54.6 Å². The smallest absolute Gasteiger partial charge is 0.445 e. The normalized spacial score (nSPS) is 12.3. The number of halogens is 3. The number of carbonyl (C=O) groups excluding carboxylic acids is 1. The maximum absolute atomic E-state index is 12.3. The molecule has 2 rings (SSSR count). The fraction of sp³-hybridized carbons (Fsp3) is 0.278. The van der Waals surface area contributed by atoms with Crippen LogP contribution in [0.1, 0.15) is 23.6 Å². The highest BCUT2D eigenvalue weighted by atomic mass is 19.4. The maximum Gasteiger partial charge on any atom is 0.573 e. The Balaban J connectivity index is 2.01. The second-order valence-electron chi connectivity index (χ2n) is 5.39. The Morgan fingerprint density at radius 2 is 1.85 bits per heavy atom. The van der Waals surface area contributed by atoms with Gasteiger partial charge in [0.15, 0.2) is 0 Å². The summed E-state index contributed by atoms with van der Waals surface area (Å²) in [4.78, 5) is 12.0. The molecule has 0 radical (unpaired) electrons. The zero-order valence-electron chi connectivity index (χ0n) is 13.7. The highest BCUT2D eigenvalue weighted by Crippen LogP contribution is 2.26. The van der Waals surface area contributed by atoms with Crippen LogP contribution >= 0.6 is 0 Å². The number of ether oxygens (including phenoxy) is 2. The first-order valence-electron chi connectivity index (χ1n) is 7.81. The molecular weight excluding hydrogens is 351 g/mol. The van der Waals surface area contributed by atoms with Gasteiger partial charge in [0.2, 0.25) is 0 Å². The zero-order chi connectivity index (χ0) is 19.0. The minimum Gasteiger partial charge on any atom is -0.445 e. The molecule has 8 heteroatoms. The van der Waals surface area contributed by atoms with Crippen molar-refractivity contribution in [2.24, 2.45) is 0 Å². The second-order valence-corrected chi connectivity index (χ2v) is 5.39. The number of hydrogen-bond donors (Lipinski definition) is 2. The number of benzene rings is 2. The first-order chi connectivity index (χ1) is 12.4. The Morgan fingerprint density at radius 3 is 2.50 bits per heavy atom. The summed E-state index contributed by atoms with van der Waals surface area (Å²) in [5.74, 6) is -0.405. The van der Waals surface area contributed by atoms with Gasteiger partial charge in [0, 0.05) is 6.61 Å². The number of aliphatic hydroxyl groups is 1. The average molecular weight is 369 g/mol. The molecule has 1 atom stereocenters. The highest BCUT2D eigenvalue weighted by molar-refractivity contribution is 5.68. The van der Waals surface area contributed by atoms with Crippen molar-refractivity contribution in [3.8, 4) is 5.75 Å². The molecule has 0 spiro atoms. The predicted octanol–water partition coefficient (Wildman–Crippen LogP) is 3.94. The lowest BCUT2D eigenvalue weighted by Gasteiger charge is -2.19. The minimum absolute atomic E-state index is 0.0513. The van der Waals surface area contributed by atoms with Crippen LogP contribution in [0.4, 0.5) is 18.0 Å². The van der Waals surface area contributed by atoms with E-state index in [1.807, 2.05) is 6.07 Å². The summed E-state index contributed by atoms with van der Waals surface area (Å²) in [5.41, 5.74) is 1.15. The lowest BCUT2D eigenvalue weighted by molar-refractivity contribution is -0.274. The average Bonchev–Trinajstić information content (AvgIpc) is 2.59. The highest BCUT2D eigenvalue weighted by Gasteiger charge is 2.31. The van der Waals surface area contributed by atoms with Gasteiger partial charge in [-0.05, 0) is 29.7 Å². The van der Waals surface area contributed by atoms with Gasteiger partial charge in [-0.3, -0.25) is 0 Å². The van der Waals surface area contributed by atoms with Gasteiger partial charge in [0.05, 0.1) is 6.04 Å². The van der Waals surface area contributed by atoms with Gasteiger partial charge in [0.25, 0.3) is 0 Å². The molecule has 0 bridgehead atoms. The summed E-state index contributed by atoms with van der Waals surface area (Å²) in [6, 6.07) is 13.5. The van der Waals surface area contributed by atoms with Crippen LogP contribution in [0.3, 0.4) is 0 Å². The van der Waals surface area contributed by atoms with Crippen LogP contribution in [0.25, 0.3) is 0 Å². The van der Waals surface area contributed by atoms with E-state index in [-0.39, 0.29) is 19.6 Å². The van der Waals surface area contributed by atoms with Crippen molar-refractivity contribution < 1.29 is 32.5 Å². The quantitative estimate of drug-likeness (QED) is 0.776. The Morgan fingerprint density at radius 1 is 1.12 bits per heavy atom. The fourth-order valence-electron chi connectivity index (χ4n) is 2.29. The van der Waals surface area contributed by atoms with Gasteiger partial charge in [-0.25, -0.2) is 4.79 Å². The van der Waals surface area contributed by atoms with Crippen molar-refractivity contribution in [2.75, 3.05) is 6.61 Å². The van der Waals surface area contributed by atoms with Gasteiger partial charge in [-0.15, -0.1) is 13.2 Å². The molecule has 0 saturated carbocycles. The van der Waals surface area contributed by atoms with Crippen LogP contribution in [-0.4, -0.2) is 24.2 Å². The van der Waals surface area contributed by atoms with E-state index in [1.54, 1.807) is 24.3 Å². The standard InChI is InChI=1S/C18H18F3NO4/c19-18(20,21)26-15-8-4-7-14(11-15)16(9-10-23)22-17(24)25-12-13-5-2-1-3-6-13/h1-8,11,16,23H,9-10,12H2,(H,22,24). The summed E-state index contributed by atoms with van der Waals surface area (Å²) < 4.78 is 46.0. The molecule has 26 heavy (non-hydrogen) atoms. The Hall–Kier alpha value is -2.74. The molecule has 0 aliphatic rings. The number of hydrogen-bond acceptors (Lipinski definition) is 4. The lowest BCUT2D eigenvalue weighted by Crippen LogP contribution is -2.30. The fourth-order valence-corrected chi connectivity index (χ4v) is 2.29. The van der Waals surface area contributed by atoms with Crippen molar-refractivity contribution in [3.63, 3.8) is 0 Å². The van der Waals surface area contributed by atoms with E-state index in [9.17, 15) is 23.1 Å². The van der Waals surface area contributed by atoms with Crippen LogP contribution in [0, 0.1) is 0 Å². The first kappa shape index (κ1) is 19.6. The van der Waals surface area contributed by atoms with Crippen LogP contribution < -0.4 is 10.1 Å². The monoisotopic (exact) mass is 369 g/mol. The minimum atomic E-state index is -4.81. The lowest BCUT2D eigenvalue weighted by atomic mass is 10.0. The predicted molar refractivity (Wildman–Crippen MR) is 87.3 cm³/mol. The molecule has 1 unspecified atom stereocenters. The van der Waals surface area contributed by atoms with Gasteiger partial charge >= 0.3 is 12.5 Å². The number of nitrogens with one attached hydrogen (secondary N) is 1. The van der Waals surface area contributed by atoms with E-state index >= 15 is 0 Å². The van der Waals surface area contributed by atoms with Gasteiger partial charge in [-0.2, -0.15) is 0 Å². The molecule has 5 nitrogen and oxygen atoms in total. The van der Waals surface area contributed by atoms with E-state index in [2.05, 4.69) is 10.1 Å². The molecule has 0 fully saturated rings. The topological polar surface area (TPSA) is 67.8 Å². The SMILES string of the molecule is O=C(NC(CCO)c1cccc(OC(F)(F)F)c1)OCc1ccccc1. The summed E-state index contributed by atoms with van der Waals surface area (Å²) in [7, 11) is 0. The van der Waals surface area contributed by atoms with Crippen molar-refractivity contribution >= 4 is 6.09 Å². The number of carbonyl (C=O) groups is 1. The van der Waals surface area contributed by atoms with Crippen molar-refractivity contribution in [1.29, 1.82) is 0 Å². The summed E-state index contributed by atoms with van der Waals surface area (Å²) in [5, 5.41) is 11.7. The summed E-state index contributed by atoms with van der Waals surface area (Å²) >= 11 is 0. The third kappa shape index (κ3) is 6.64.